The van der Waals surface area contributed by atoms with E-state index in [2.05, 4.69) is 38.1 Å². The average molecular weight is 327 g/mol. The van der Waals surface area contributed by atoms with Crippen molar-refractivity contribution in [3.05, 3.63) is 29.8 Å². The third kappa shape index (κ3) is 2.91. The molecule has 0 spiro atoms. The first kappa shape index (κ1) is 15.3. The summed E-state index contributed by atoms with van der Waals surface area (Å²) in [6.45, 7) is 0.838. The zero-order valence-electron chi connectivity index (χ0n) is 13.4. The van der Waals surface area contributed by atoms with E-state index in [4.69, 9.17) is 0 Å². The molecule has 2 fully saturated rings. The molecule has 2 aliphatic rings. The number of hydrogen-bond acceptors (Lipinski definition) is 5. The zero-order valence-corrected chi connectivity index (χ0v) is 13.4. The minimum absolute atomic E-state index is 0.384. The molecule has 4 atom stereocenters. The first-order chi connectivity index (χ1) is 11.7. The Kier molecular flexibility index (Phi) is 4.02. The van der Waals surface area contributed by atoms with E-state index >= 15 is 0 Å². The Balaban J connectivity index is 1.46. The van der Waals surface area contributed by atoms with Crippen LogP contribution >= 0.6 is 0 Å². The number of fused-ring (bicyclic) bond motifs is 1. The molecule has 2 aromatic rings. The van der Waals surface area contributed by atoms with E-state index < -0.39 is 5.97 Å². The van der Waals surface area contributed by atoms with Gasteiger partial charge in [-0.25, -0.2) is 0 Å². The quantitative estimate of drug-likeness (QED) is 0.794. The lowest BCUT2D eigenvalue weighted by Crippen LogP contribution is -2.49. The first-order valence-corrected chi connectivity index (χ1v) is 8.50. The summed E-state index contributed by atoms with van der Waals surface area (Å²) >= 11 is 0. The molecule has 1 aromatic carbocycles. The van der Waals surface area contributed by atoms with Crippen LogP contribution in [0, 0.1) is 11.8 Å². The van der Waals surface area contributed by atoms with Crippen molar-refractivity contribution in [2.24, 2.45) is 11.8 Å². The number of piperidine rings is 1. The zero-order chi connectivity index (χ0) is 16.5. The summed E-state index contributed by atoms with van der Waals surface area (Å²) in [6.07, 6.45) is 4.17. The largest absolute Gasteiger partial charge is 0.480 e. The van der Waals surface area contributed by atoms with Gasteiger partial charge in [0.1, 0.15) is 6.04 Å². The lowest BCUT2D eigenvalue weighted by molar-refractivity contribution is -0.141. The van der Waals surface area contributed by atoms with Gasteiger partial charge in [-0.1, -0.05) is 24.3 Å². The summed E-state index contributed by atoms with van der Waals surface area (Å²) in [6, 6.07) is 7.98. The fraction of sp³-hybridized carbons (Fsp3) is 0.529. The number of nitrogens with zero attached hydrogens (tertiary/aromatic N) is 3. The molecular weight excluding hydrogens is 306 g/mol. The molecule has 1 unspecified atom stereocenters. The second-order valence-corrected chi connectivity index (χ2v) is 6.92. The predicted octanol–water partition coefficient (Wildman–Crippen LogP) is 1.81. The number of carboxylic acids is 1. The van der Waals surface area contributed by atoms with Crippen molar-refractivity contribution in [1.82, 2.24) is 25.9 Å². The molecule has 7 heteroatoms. The van der Waals surface area contributed by atoms with E-state index in [9.17, 15) is 9.90 Å². The SMILES string of the molecule is O=C(O)[C@@H]1C[C@H]2CC(c3ccc(-c4nn[nH]n4)cc3)CC[C@H]2CN1. The molecule has 1 aliphatic carbocycles. The van der Waals surface area contributed by atoms with Gasteiger partial charge in [-0.15, -0.1) is 10.2 Å². The number of hydrogen-bond donors (Lipinski definition) is 3. The topological polar surface area (TPSA) is 104 Å². The molecule has 4 rings (SSSR count). The van der Waals surface area contributed by atoms with Gasteiger partial charge in [0.15, 0.2) is 0 Å². The van der Waals surface area contributed by atoms with E-state index in [-0.39, 0.29) is 6.04 Å². The van der Waals surface area contributed by atoms with Gasteiger partial charge in [0.2, 0.25) is 5.82 Å². The lowest BCUT2D eigenvalue weighted by Gasteiger charge is -2.41. The summed E-state index contributed by atoms with van der Waals surface area (Å²) in [5.74, 6) is 1.52. The minimum atomic E-state index is -0.722. The fourth-order valence-electron chi connectivity index (χ4n) is 4.24. The number of benzene rings is 1. The molecule has 0 bridgehead atoms. The highest BCUT2D eigenvalue weighted by Crippen LogP contribution is 2.43. The number of carboxylic acid groups (broad SMARTS) is 1. The summed E-state index contributed by atoms with van der Waals surface area (Å²) in [7, 11) is 0. The second kappa shape index (κ2) is 6.32. The lowest BCUT2D eigenvalue weighted by atomic mass is 9.68. The van der Waals surface area contributed by atoms with Gasteiger partial charge in [0.05, 0.1) is 0 Å². The van der Waals surface area contributed by atoms with Crippen LogP contribution in [0.1, 0.15) is 37.2 Å². The molecule has 24 heavy (non-hydrogen) atoms. The molecule has 1 saturated carbocycles. The van der Waals surface area contributed by atoms with Crippen LogP contribution in [0.25, 0.3) is 11.4 Å². The minimum Gasteiger partial charge on any atom is -0.480 e. The number of carbonyl (C=O) groups is 1. The van der Waals surface area contributed by atoms with Gasteiger partial charge in [-0.05, 0) is 60.8 Å². The number of H-pyrrole nitrogens is 1. The number of aromatic nitrogens is 4. The highest BCUT2D eigenvalue weighted by atomic mass is 16.4. The molecule has 1 aliphatic heterocycles. The van der Waals surface area contributed by atoms with Crippen LogP contribution in [0.5, 0.6) is 0 Å². The number of rotatable bonds is 3. The molecule has 0 amide bonds. The molecule has 3 N–H and O–H groups in total. The van der Waals surface area contributed by atoms with Crippen LogP contribution in [0.3, 0.4) is 0 Å². The maximum Gasteiger partial charge on any atom is 0.320 e. The van der Waals surface area contributed by atoms with Gasteiger partial charge in [0.25, 0.3) is 0 Å². The van der Waals surface area contributed by atoms with Crippen molar-refractivity contribution in [3.63, 3.8) is 0 Å². The second-order valence-electron chi connectivity index (χ2n) is 6.92. The van der Waals surface area contributed by atoms with Crippen molar-refractivity contribution < 1.29 is 9.90 Å². The van der Waals surface area contributed by atoms with Crippen molar-refractivity contribution >= 4 is 5.97 Å². The maximum atomic E-state index is 11.2. The number of aliphatic carboxylic acids is 1. The van der Waals surface area contributed by atoms with Gasteiger partial charge >= 0.3 is 5.97 Å². The van der Waals surface area contributed by atoms with Crippen LogP contribution in [0.2, 0.25) is 0 Å². The maximum absolute atomic E-state index is 11.2. The summed E-state index contributed by atoms with van der Waals surface area (Å²) < 4.78 is 0. The molecule has 0 radical (unpaired) electrons. The van der Waals surface area contributed by atoms with Crippen LogP contribution in [-0.4, -0.2) is 44.3 Å². The number of aromatic amines is 1. The molecule has 126 valence electrons. The predicted molar refractivity (Wildman–Crippen MR) is 87.2 cm³/mol. The molecule has 2 heterocycles. The van der Waals surface area contributed by atoms with E-state index in [0.29, 0.717) is 23.6 Å². The number of tetrazole rings is 1. The fourth-order valence-corrected chi connectivity index (χ4v) is 4.24. The third-order valence-corrected chi connectivity index (χ3v) is 5.59. The first-order valence-electron chi connectivity index (χ1n) is 8.50. The Morgan fingerprint density at radius 3 is 2.67 bits per heavy atom. The van der Waals surface area contributed by atoms with E-state index in [1.165, 1.54) is 18.4 Å². The van der Waals surface area contributed by atoms with Crippen molar-refractivity contribution in [2.45, 2.75) is 37.6 Å². The van der Waals surface area contributed by atoms with Crippen LogP contribution < -0.4 is 5.32 Å². The normalized spacial score (nSPS) is 29.8. The van der Waals surface area contributed by atoms with Gasteiger partial charge in [-0.3, -0.25) is 4.79 Å². The molecular formula is C17H21N5O2. The van der Waals surface area contributed by atoms with Crippen molar-refractivity contribution in [3.8, 4) is 11.4 Å². The highest BCUT2D eigenvalue weighted by Gasteiger charge is 2.37. The monoisotopic (exact) mass is 327 g/mol. The molecule has 1 saturated heterocycles. The van der Waals surface area contributed by atoms with Gasteiger partial charge in [0, 0.05) is 5.56 Å². The molecule has 7 nitrogen and oxygen atoms in total. The summed E-state index contributed by atoms with van der Waals surface area (Å²) in [5, 5.41) is 26.5. The standard InChI is InChI=1S/C17H21N5O2/c23-17(24)15-8-14-7-12(5-6-13(14)9-18-15)10-1-3-11(4-2-10)16-19-21-22-20-16/h1-4,12-15,18H,5-9H2,(H,23,24)(H,19,20,21,22)/t12?,13-,14+,15-/m0/s1. The Morgan fingerprint density at radius 2 is 1.96 bits per heavy atom. The van der Waals surface area contributed by atoms with Crippen LogP contribution in [0.4, 0.5) is 0 Å². The van der Waals surface area contributed by atoms with E-state index in [1.54, 1.807) is 0 Å². The Bertz CT molecular complexity index is 700. The Labute approximate surface area is 139 Å². The number of nitrogens with one attached hydrogen (secondary N) is 2. The smallest absolute Gasteiger partial charge is 0.320 e. The third-order valence-electron chi connectivity index (χ3n) is 5.59. The van der Waals surface area contributed by atoms with Gasteiger partial charge in [-0.2, -0.15) is 5.21 Å². The Morgan fingerprint density at radius 1 is 1.12 bits per heavy atom. The van der Waals surface area contributed by atoms with Crippen LogP contribution in [-0.2, 0) is 4.79 Å². The van der Waals surface area contributed by atoms with Crippen molar-refractivity contribution in [2.75, 3.05) is 6.54 Å². The summed E-state index contributed by atoms with van der Waals surface area (Å²) in [4.78, 5) is 11.2. The van der Waals surface area contributed by atoms with E-state index in [0.717, 1.165) is 24.9 Å². The van der Waals surface area contributed by atoms with Crippen LogP contribution in [0.15, 0.2) is 24.3 Å². The van der Waals surface area contributed by atoms with Crippen molar-refractivity contribution in [1.29, 1.82) is 0 Å². The summed E-state index contributed by atoms with van der Waals surface area (Å²) in [5.41, 5.74) is 2.28. The highest BCUT2D eigenvalue weighted by molar-refractivity contribution is 5.73. The molecule has 1 aromatic heterocycles. The Hall–Kier alpha value is -2.28. The van der Waals surface area contributed by atoms with Gasteiger partial charge < -0.3 is 10.4 Å². The average Bonchev–Trinajstić information content (AvgIpc) is 3.15. The van der Waals surface area contributed by atoms with E-state index in [1.807, 2.05) is 12.1 Å².